The molecule has 0 heterocycles. The molecule has 13 heavy (non-hydrogen) atoms. The molecule has 0 aliphatic carbocycles. The number of alkyl halides is 3. The number of hydrogen-bond acceptors (Lipinski definition) is 1. The van der Waals surface area contributed by atoms with Gasteiger partial charge in [-0.3, -0.25) is 0 Å². The van der Waals surface area contributed by atoms with Crippen LogP contribution in [-0.4, -0.2) is 12.5 Å². The molecule has 0 aliphatic rings. The summed E-state index contributed by atoms with van der Waals surface area (Å²) in [5.41, 5.74) is -0.116. The van der Waals surface area contributed by atoms with E-state index in [0.717, 1.165) is 12.1 Å². The summed E-state index contributed by atoms with van der Waals surface area (Å²) >= 11 is 0. The standard InChI is InChI=1S/C8H7BF3O/c1-5-2-6(8(10,11)12)4-7(3-5)9-13/h2-4,13H,1H3. The fourth-order valence-electron chi connectivity index (χ4n) is 1.05. The molecular formula is C8H7BF3O. The zero-order chi connectivity index (χ0) is 10.1. The highest BCUT2D eigenvalue weighted by Gasteiger charge is 2.30. The Hall–Kier alpha value is -0.965. The quantitative estimate of drug-likeness (QED) is 0.656. The first-order chi connectivity index (χ1) is 5.93. The normalized spacial score (nSPS) is 11.5. The summed E-state index contributed by atoms with van der Waals surface area (Å²) in [7, 11) is 0.655. The molecule has 1 nitrogen and oxygen atoms in total. The van der Waals surface area contributed by atoms with Crippen molar-refractivity contribution in [2.45, 2.75) is 13.1 Å². The van der Waals surface area contributed by atoms with E-state index in [2.05, 4.69) is 0 Å². The second-order valence-electron chi connectivity index (χ2n) is 2.76. The van der Waals surface area contributed by atoms with Crippen molar-refractivity contribution in [2.75, 3.05) is 0 Å². The van der Waals surface area contributed by atoms with Crippen molar-refractivity contribution in [3.05, 3.63) is 29.3 Å². The maximum Gasteiger partial charge on any atom is 0.416 e. The molecule has 0 amide bonds. The summed E-state index contributed by atoms with van der Waals surface area (Å²) in [5.74, 6) is 0. The fraction of sp³-hybridized carbons (Fsp3) is 0.250. The van der Waals surface area contributed by atoms with Gasteiger partial charge in [0.1, 0.15) is 0 Å². The molecule has 1 aromatic rings. The first-order valence-corrected chi connectivity index (χ1v) is 3.60. The molecule has 0 bridgehead atoms. The van der Waals surface area contributed by atoms with Crippen LogP contribution in [-0.2, 0) is 6.18 Å². The molecular weight excluding hydrogens is 180 g/mol. The molecule has 69 valence electrons. The predicted octanol–water partition coefficient (Wildman–Crippen LogP) is 1.25. The predicted molar refractivity (Wildman–Crippen MR) is 43.8 cm³/mol. The summed E-state index contributed by atoms with van der Waals surface area (Å²) in [6.07, 6.45) is -4.36. The van der Waals surface area contributed by atoms with Crippen molar-refractivity contribution >= 4 is 12.9 Å². The summed E-state index contributed by atoms with van der Waals surface area (Å²) in [4.78, 5) is 0. The maximum atomic E-state index is 12.2. The van der Waals surface area contributed by atoms with E-state index in [4.69, 9.17) is 5.02 Å². The number of benzene rings is 1. The molecule has 0 aliphatic heterocycles. The number of hydrogen-bond donors (Lipinski definition) is 1. The van der Waals surface area contributed by atoms with Crippen molar-refractivity contribution < 1.29 is 18.2 Å². The van der Waals surface area contributed by atoms with Gasteiger partial charge < -0.3 is 5.02 Å². The van der Waals surface area contributed by atoms with Crippen LogP contribution in [0.5, 0.6) is 0 Å². The third kappa shape index (κ3) is 2.49. The van der Waals surface area contributed by atoms with Crippen molar-refractivity contribution in [3.8, 4) is 0 Å². The van der Waals surface area contributed by atoms with Gasteiger partial charge in [0.25, 0.3) is 0 Å². The molecule has 1 aromatic carbocycles. The zero-order valence-corrected chi connectivity index (χ0v) is 6.89. The second kappa shape index (κ2) is 3.42. The lowest BCUT2D eigenvalue weighted by Crippen LogP contribution is -2.17. The minimum Gasteiger partial charge on any atom is -0.450 e. The Kier molecular flexibility index (Phi) is 2.66. The van der Waals surface area contributed by atoms with Gasteiger partial charge in [0.2, 0.25) is 0 Å². The molecule has 0 fully saturated rings. The van der Waals surface area contributed by atoms with Crippen molar-refractivity contribution in [3.63, 3.8) is 0 Å². The van der Waals surface area contributed by atoms with Crippen LogP contribution in [0.1, 0.15) is 11.1 Å². The van der Waals surface area contributed by atoms with Crippen LogP contribution in [0.2, 0.25) is 0 Å². The minimum absolute atomic E-state index is 0.160. The fourth-order valence-corrected chi connectivity index (χ4v) is 1.05. The largest absolute Gasteiger partial charge is 0.450 e. The van der Waals surface area contributed by atoms with Gasteiger partial charge >= 0.3 is 13.7 Å². The van der Waals surface area contributed by atoms with Crippen LogP contribution in [0.4, 0.5) is 13.2 Å². The van der Waals surface area contributed by atoms with E-state index >= 15 is 0 Å². The monoisotopic (exact) mass is 187 g/mol. The smallest absolute Gasteiger partial charge is 0.416 e. The molecule has 1 rings (SSSR count). The molecule has 0 saturated carbocycles. The van der Waals surface area contributed by atoms with Crippen molar-refractivity contribution in [1.29, 1.82) is 0 Å². The van der Waals surface area contributed by atoms with E-state index in [1.165, 1.54) is 6.07 Å². The van der Waals surface area contributed by atoms with E-state index in [-0.39, 0.29) is 5.46 Å². The van der Waals surface area contributed by atoms with Gasteiger partial charge in [0.05, 0.1) is 5.56 Å². The third-order valence-electron chi connectivity index (χ3n) is 1.58. The first-order valence-electron chi connectivity index (χ1n) is 3.60. The van der Waals surface area contributed by atoms with E-state index in [1.807, 2.05) is 0 Å². The molecule has 0 unspecified atom stereocenters. The van der Waals surface area contributed by atoms with Crippen molar-refractivity contribution in [1.82, 2.24) is 0 Å². The minimum atomic E-state index is -4.36. The van der Waals surface area contributed by atoms with Gasteiger partial charge in [-0.1, -0.05) is 23.2 Å². The molecule has 1 radical (unpaired) electrons. The molecule has 0 aromatic heterocycles. The molecule has 5 heteroatoms. The maximum absolute atomic E-state index is 12.2. The zero-order valence-electron chi connectivity index (χ0n) is 6.89. The van der Waals surface area contributed by atoms with Crippen LogP contribution in [0.25, 0.3) is 0 Å². The van der Waals surface area contributed by atoms with E-state index in [9.17, 15) is 13.2 Å². The molecule has 0 saturated heterocycles. The van der Waals surface area contributed by atoms with Crippen LogP contribution in [0.3, 0.4) is 0 Å². The van der Waals surface area contributed by atoms with Gasteiger partial charge in [-0.15, -0.1) is 0 Å². The van der Waals surface area contributed by atoms with Crippen LogP contribution < -0.4 is 5.46 Å². The highest BCUT2D eigenvalue weighted by atomic mass is 19.4. The Morgan fingerprint density at radius 2 is 1.85 bits per heavy atom. The average Bonchev–Trinajstić information content (AvgIpc) is 2.01. The van der Waals surface area contributed by atoms with Crippen LogP contribution in [0.15, 0.2) is 18.2 Å². The number of aryl methyl sites for hydroxylation is 1. The Morgan fingerprint density at radius 3 is 2.31 bits per heavy atom. The first kappa shape index (κ1) is 10.1. The van der Waals surface area contributed by atoms with E-state index < -0.39 is 11.7 Å². The lowest BCUT2D eigenvalue weighted by molar-refractivity contribution is -0.137. The van der Waals surface area contributed by atoms with Gasteiger partial charge in [-0.25, -0.2) is 0 Å². The third-order valence-corrected chi connectivity index (χ3v) is 1.58. The summed E-state index contributed by atoms with van der Waals surface area (Å²) < 4.78 is 36.6. The Balaban J connectivity index is 3.16. The van der Waals surface area contributed by atoms with E-state index in [0.29, 0.717) is 13.0 Å². The van der Waals surface area contributed by atoms with Gasteiger partial charge in [-0.05, 0) is 13.0 Å². The van der Waals surface area contributed by atoms with Gasteiger partial charge in [0.15, 0.2) is 0 Å². The highest BCUT2D eigenvalue weighted by Crippen LogP contribution is 2.28. The summed E-state index contributed by atoms with van der Waals surface area (Å²) in [5, 5.41) is 8.56. The SMILES string of the molecule is Cc1cc([B]O)cc(C(F)(F)F)c1. The van der Waals surface area contributed by atoms with Gasteiger partial charge in [0, 0.05) is 0 Å². The lowest BCUT2D eigenvalue weighted by Gasteiger charge is -2.08. The lowest BCUT2D eigenvalue weighted by atomic mass is 9.86. The van der Waals surface area contributed by atoms with Crippen molar-refractivity contribution in [2.24, 2.45) is 0 Å². The van der Waals surface area contributed by atoms with Gasteiger partial charge in [-0.2, -0.15) is 13.2 Å². The summed E-state index contributed by atoms with van der Waals surface area (Å²) in [6, 6.07) is 3.40. The number of rotatable bonds is 1. The highest BCUT2D eigenvalue weighted by molar-refractivity contribution is 6.45. The Bertz CT molecular complexity index is 309. The topological polar surface area (TPSA) is 20.2 Å². The second-order valence-corrected chi connectivity index (χ2v) is 2.76. The van der Waals surface area contributed by atoms with E-state index in [1.54, 1.807) is 6.92 Å². The molecule has 1 N–H and O–H groups in total. The number of halogens is 3. The Labute approximate surface area is 74.5 Å². The van der Waals surface area contributed by atoms with Crippen LogP contribution >= 0.6 is 0 Å². The average molecular weight is 187 g/mol. The molecule has 0 atom stereocenters. The molecule has 0 spiro atoms. The Morgan fingerprint density at radius 1 is 1.23 bits per heavy atom. The van der Waals surface area contributed by atoms with Crippen LogP contribution in [0, 0.1) is 6.92 Å². The summed E-state index contributed by atoms with van der Waals surface area (Å²) in [6.45, 7) is 1.54.